The second-order valence-corrected chi connectivity index (χ2v) is 4.50. The van der Waals surface area contributed by atoms with E-state index in [0.29, 0.717) is 18.8 Å². The van der Waals surface area contributed by atoms with Gasteiger partial charge in [0.2, 0.25) is 5.91 Å². The molecule has 18 heavy (non-hydrogen) atoms. The number of amides is 1. The van der Waals surface area contributed by atoms with Crippen LogP contribution in [0.15, 0.2) is 18.2 Å². The minimum Gasteiger partial charge on any atom is -0.359 e. The average molecular weight is 266 g/mol. The summed E-state index contributed by atoms with van der Waals surface area (Å²) in [5.41, 5.74) is 3.13. The van der Waals surface area contributed by atoms with Gasteiger partial charge in [0, 0.05) is 20.0 Å². The van der Waals surface area contributed by atoms with E-state index in [1.54, 1.807) is 7.05 Å². The monoisotopic (exact) mass is 265 g/mol. The molecule has 4 nitrogen and oxygen atoms in total. The van der Waals surface area contributed by atoms with Crippen LogP contribution in [0.25, 0.3) is 11.0 Å². The lowest BCUT2D eigenvalue weighted by Gasteiger charge is -2.07. The van der Waals surface area contributed by atoms with Crippen molar-refractivity contribution < 1.29 is 4.79 Å². The van der Waals surface area contributed by atoms with Crippen LogP contribution in [0.4, 0.5) is 0 Å². The summed E-state index contributed by atoms with van der Waals surface area (Å²) in [6.07, 6.45) is 0.430. The fourth-order valence-electron chi connectivity index (χ4n) is 1.98. The highest BCUT2D eigenvalue weighted by atomic mass is 35.5. The Morgan fingerprint density at radius 2 is 2.28 bits per heavy atom. The van der Waals surface area contributed by atoms with Crippen molar-refractivity contribution in [3.05, 3.63) is 29.6 Å². The molecule has 0 atom stereocenters. The molecule has 1 amide bonds. The first-order valence-corrected chi connectivity index (χ1v) is 6.41. The molecule has 0 aliphatic carbocycles. The molecule has 0 aliphatic rings. The van der Waals surface area contributed by atoms with Crippen molar-refractivity contribution in [3.63, 3.8) is 0 Å². The quantitative estimate of drug-likeness (QED) is 0.862. The van der Waals surface area contributed by atoms with Gasteiger partial charge in [-0.3, -0.25) is 4.79 Å². The van der Waals surface area contributed by atoms with Gasteiger partial charge in [-0.15, -0.1) is 11.6 Å². The molecule has 0 unspecified atom stereocenters. The molecule has 2 aromatic rings. The van der Waals surface area contributed by atoms with E-state index < -0.39 is 0 Å². The van der Waals surface area contributed by atoms with Crippen molar-refractivity contribution in [1.29, 1.82) is 0 Å². The van der Waals surface area contributed by atoms with Crippen molar-refractivity contribution in [3.8, 4) is 0 Å². The number of nitrogens with zero attached hydrogens (tertiary/aromatic N) is 2. The molecule has 1 aromatic carbocycles. The normalized spacial score (nSPS) is 10.8. The Bertz CT molecular complexity index is 577. The summed E-state index contributed by atoms with van der Waals surface area (Å²) >= 11 is 5.91. The lowest BCUT2D eigenvalue weighted by molar-refractivity contribution is -0.120. The van der Waals surface area contributed by atoms with Gasteiger partial charge in [-0.2, -0.15) is 0 Å². The number of hydrogen-bond donors (Lipinski definition) is 1. The van der Waals surface area contributed by atoms with Gasteiger partial charge in [0.05, 0.1) is 16.9 Å². The third-order valence-electron chi connectivity index (χ3n) is 2.94. The van der Waals surface area contributed by atoms with E-state index in [1.807, 2.05) is 29.7 Å². The first-order chi connectivity index (χ1) is 8.65. The van der Waals surface area contributed by atoms with Crippen molar-refractivity contribution in [2.75, 3.05) is 7.05 Å². The van der Waals surface area contributed by atoms with Crippen LogP contribution in [-0.2, 0) is 17.2 Å². The second kappa shape index (κ2) is 5.40. The van der Waals surface area contributed by atoms with Gasteiger partial charge >= 0.3 is 0 Å². The molecule has 5 heteroatoms. The maximum Gasteiger partial charge on any atom is 0.221 e. The van der Waals surface area contributed by atoms with Gasteiger partial charge in [0.25, 0.3) is 0 Å². The molecule has 0 fully saturated rings. The average Bonchev–Trinajstić information content (AvgIpc) is 2.72. The third-order valence-corrected chi connectivity index (χ3v) is 3.18. The molecule has 1 heterocycles. The molecule has 0 aliphatic heterocycles. The highest BCUT2D eigenvalue weighted by molar-refractivity contribution is 6.16. The Labute approximate surface area is 111 Å². The zero-order chi connectivity index (χ0) is 13.1. The molecule has 0 saturated heterocycles. The van der Waals surface area contributed by atoms with Crippen molar-refractivity contribution in [2.24, 2.45) is 0 Å². The lowest BCUT2D eigenvalue weighted by atomic mass is 10.2. The number of fused-ring (bicyclic) bond motifs is 1. The van der Waals surface area contributed by atoms with Crippen molar-refractivity contribution in [1.82, 2.24) is 14.9 Å². The van der Waals surface area contributed by atoms with E-state index in [0.717, 1.165) is 16.9 Å². The van der Waals surface area contributed by atoms with Gasteiger partial charge in [-0.25, -0.2) is 4.98 Å². The van der Waals surface area contributed by atoms with E-state index >= 15 is 0 Å². The number of rotatable bonds is 4. The number of halogens is 1. The lowest BCUT2D eigenvalue weighted by Crippen LogP contribution is -2.19. The summed E-state index contributed by atoms with van der Waals surface area (Å²) in [5.74, 6) is 1.17. The number of benzene rings is 1. The van der Waals surface area contributed by atoms with E-state index in [4.69, 9.17) is 11.6 Å². The number of alkyl halides is 1. The van der Waals surface area contributed by atoms with Crippen LogP contribution in [0.5, 0.6) is 0 Å². The van der Waals surface area contributed by atoms with Crippen LogP contribution < -0.4 is 5.32 Å². The number of aryl methyl sites for hydroxylation is 2. The first kappa shape index (κ1) is 12.9. The Hall–Kier alpha value is -1.55. The van der Waals surface area contributed by atoms with Gasteiger partial charge in [-0.05, 0) is 24.6 Å². The van der Waals surface area contributed by atoms with E-state index in [2.05, 4.69) is 10.3 Å². The van der Waals surface area contributed by atoms with Crippen LogP contribution in [0.2, 0.25) is 0 Å². The number of aromatic nitrogens is 2. The predicted molar refractivity (Wildman–Crippen MR) is 72.7 cm³/mol. The molecule has 0 radical (unpaired) electrons. The van der Waals surface area contributed by atoms with Gasteiger partial charge < -0.3 is 9.88 Å². The van der Waals surface area contributed by atoms with E-state index in [9.17, 15) is 4.79 Å². The summed E-state index contributed by atoms with van der Waals surface area (Å²) in [5, 5.41) is 2.62. The largest absolute Gasteiger partial charge is 0.359 e. The highest BCUT2D eigenvalue weighted by Gasteiger charge is 2.10. The summed E-state index contributed by atoms with van der Waals surface area (Å²) in [4.78, 5) is 15.8. The number of hydrogen-bond acceptors (Lipinski definition) is 2. The Morgan fingerprint density at radius 3 is 2.94 bits per heavy atom. The van der Waals surface area contributed by atoms with Gasteiger partial charge in [0.15, 0.2) is 0 Å². The van der Waals surface area contributed by atoms with E-state index in [-0.39, 0.29) is 5.91 Å². The summed E-state index contributed by atoms with van der Waals surface area (Å²) in [6, 6.07) is 6.09. The van der Waals surface area contributed by atoms with Crippen LogP contribution in [0.3, 0.4) is 0 Å². The summed E-state index contributed by atoms with van der Waals surface area (Å²) in [6.45, 7) is 2.63. The van der Waals surface area contributed by atoms with Crippen LogP contribution in [0.1, 0.15) is 17.8 Å². The maximum atomic E-state index is 11.3. The van der Waals surface area contributed by atoms with E-state index in [1.165, 1.54) is 5.56 Å². The van der Waals surface area contributed by atoms with Gasteiger partial charge in [0.1, 0.15) is 5.82 Å². The second-order valence-electron chi connectivity index (χ2n) is 4.23. The predicted octanol–water partition coefficient (Wildman–Crippen LogP) is 2.22. The topological polar surface area (TPSA) is 46.9 Å². The smallest absolute Gasteiger partial charge is 0.221 e. The highest BCUT2D eigenvalue weighted by Crippen LogP contribution is 2.19. The van der Waals surface area contributed by atoms with Crippen molar-refractivity contribution in [2.45, 2.75) is 25.8 Å². The zero-order valence-corrected chi connectivity index (χ0v) is 11.3. The number of carbonyl (C=O) groups is 1. The van der Waals surface area contributed by atoms with Crippen LogP contribution in [0, 0.1) is 6.92 Å². The number of carbonyl (C=O) groups excluding carboxylic acids is 1. The standard InChI is InChI=1S/C13H16ClN3O/c1-9-3-4-11-10(7-9)16-12(8-14)17(11)6-5-13(18)15-2/h3-4,7H,5-6,8H2,1-2H3,(H,15,18). The van der Waals surface area contributed by atoms with Crippen molar-refractivity contribution >= 4 is 28.5 Å². The molecular formula is C13H16ClN3O. The first-order valence-electron chi connectivity index (χ1n) is 5.88. The Kier molecular flexibility index (Phi) is 3.87. The SMILES string of the molecule is CNC(=O)CCn1c(CCl)nc2cc(C)ccc21. The molecular weight excluding hydrogens is 250 g/mol. The molecule has 1 N–H and O–H groups in total. The Balaban J connectivity index is 2.37. The Morgan fingerprint density at radius 1 is 1.50 bits per heavy atom. The molecule has 0 saturated carbocycles. The molecule has 0 bridgehead atoms. The minimum atomic E-state index is 0.0180. The number of nitrogens with one attached hydrogen (secondary N) is 1. The van der Waals surface area contributed by atoms with Crippen LogP contribution in [-0.4, -0.2) is 22.5 Å². The maximum absolute atomic E-state index is 11.3. The summed E-state index contributed by atoms with van der Waals surface area (Å²) in [7, 11) is 1.64. The minimum absolute atomic E-state index is 0.0180. The molecule has 96 valence electrons. The van der Waals surface area contributed by atoms with Gasteiger partial charge in [-0.1, -0.05) is 6.07 Å². The molecule has 2 rings (SSSR count). The number of imidazole rings is 1. The molecule has 0 spiro atoms. The third kappa shape index (κ3) is 2.48. The fraction of sp³-hybridized carbons (Fsp3) is 0.385. The summed E-state index contributed by atoms with van der Waals surface area (Å²) < 4.78 is 2.01. The van der Waals surface area contributed by atoms with Crippen LogP contribution >= 0.6 is 11.6 Å². The fourth-order valence-corrected chi connectivity index (χ4v) is 2.18. The molecule has 1 aromatic heterocycles. The zero-order valence-electron chi connectivity index (χ0n) is 10.5.